The van der Waals surface area contributed by atoms with E-state index in [1.165, 1.54) is 85.9 Å². The van der Waals surface area contributed by atoms with Gasteiger partial charge >= 0.3 is 0 Å². The van der Waals surface area contributed by atoms with Crippen LogP contribution in [0, 0.1) is 0 Å². The van der Waals surface area contributed by atoms with Crippen molar-refractivity contribution >= 4 is 36.6 Å². The maximum Gasteiger partial charge on any atom is 0.267 e. The second-order valence-electron chi connectivity index (χ2n) is 10.7. The summed E-state index contributed by atoms with van der Waals surface area (Å²) in [7, 11) is -0.919. The molecule has 0 saturated heterocycles. The van der Waals surface area contributed by atoms with Crippen LogP contribution in [0.25, 0.3) is 0 Å². The average Bonchev–Trinajstić information content (AvgIpc) is 3.53. The molecule has 2 rings (SSSR count). The molecule has 1 heterocycles. The van der Waals surface area contributed by atoms with Gasteiger partial charge in [0.1, 0.15) is 0 Å². The predicted molar refractivity (Wildman–Crippen MR) is 163 cm³/mol. The summed E-state index contributed by atoms with van der Waals surface area (Å²) in [5.41, 5.74) is 0.921. The molecule has 6 heteroatoms. The second-order valence-corrected chi connectivity index (χ2v) is 16.3. The minimum Gasteiger partial charge on any atom is -0.295 e. The monoisotopic (exact) mass is 548 g/mol. The van der Waals surface area contributed by atoms with Gasteiger partial charge in [-0.05, 0) is 62.7 Å². The Balaban J connectivity index is 1.69. The van der Waals surface area contributed by atoms with E-state index in [1.54, 1.807) is 0 Å². The summed E-state index contributed by atoms with van der Waals surface area (Å²) in [6.07, 6.45) is 27.1. The van der Waals surface area contributed by atoms with Crippen molar-refractivity contribution in [3.8, 4) is 0 Å². The molecule has 0 N–H and O–H groups in total. The first-order chi connectivity index (χ1) is 18.0. The Kier molecular flexibility index (Phi) is 15.7. The third-order valence-corrected chi connectivity index (χ3v) is 13.8. The largest absolute Gasteiger partial charge is 0.295 e. The van der Waals surface area contributed by atoms with E-state index in [-0.39, 0.29) is 17.6 Å². The predicted octanol–water partition coefficient (Wildman–Crippen LogP) is 8.19. The summed E-state index contributed by atoms with van der Waals surface area (Å²) in [5.74, 6) is 0.833. The lowest BCUT2D eigenvalue weighted by atomic mass is 10.0. The molecule has 0 saturated carbocycles. The number of carbonyl (C=O) groups is 3. The van der Waals surface area contributed by atoms with Crippen LogP contribution >= 0.6 is 19.0 Å². The Morgan fingerprint density at radius 1 is 0.865 bits per heavy atom. The van der Waals surface area contributed by atoms with E-state index in [0.717, 1.165) is 49.9 Å². The van der Waals surface area contributed by atoms with E-state index in [1.807, 2.05) is 18.2 Å². The topological polar surface area (TPSA) is 54.5 Å². The summed E-state index contributed by atoms with van der Waals surface area (Å²) in [5, 5.41) is 0. The number of thioether (sulfide) groups is 1. The number of allylic oxidation sites excluding steroid dienone is 4. The van der Waals surface area contributed by atoms with Gasteiger partial charge in [-0.1, -0.05) is 64.7 Å². The van der Waals surface area contributed by atoms with Crippen molar-refractivity contribution in [2.45, 2.75) is 104 Å². The highest BCUT2D eigenvalue weighted by molar-refractivity contribution is 8.04. The molecule has 2 aliphatic rings. The number of carbonyl (C=O) groups excluding carboxylic acids is 3. The number of hydrogen-bond acceptors (Lipinski definition) is 4. The van der Waals surface area contributed by atoms with Crippen LogP contribution in [0.3, 0.4) is 0 Å². The Labute approximate surface area is 231 Å². The molecular formula is C31H51NO3PS+. The summed E-state index contributed by atoms with van der Waals surface area (Å²) in [4.78, 5) is 39.5. The van der Waals surface area contributed by atoms with Crippen molar-refractivity contribution < 1.29 is 14.4 Å². The Hall–Kier alpha value is -1.19. The number of imide groups is 1. The number of amides is 2. The van der Waals surface area contributed by atoms with E-state index in [9.17, 15) is 14.4 Å². The van der Waals surface area contributed by atoms with Gasteiger partial charge in [-0.25, -0.2) is 0 Å². The molecule has 1 aliphatic heterocycles. The van der Waals surface area contributed by atoms with Gasteiger partial charge in [-0.2, -0.15) is 0 Å². The SMILES string of the molecule is CCCC[P+](CCCC)(CCCC)CCCCN1C(=O)C=C(SCCCCCC(=O)C2=CC=CC2)C1=O. The van der Waals surface area contributed by atoms with Gasteiger partial charge in [0.2, 0.25) is 0 Å². The van der Waals surface area contributed by atoms with Gasteiger partial charge in [0.05, 0.1) is 29.6 Å². The van der Waals surface area contributed by atoms with Gasteiger partial charge in [-0.15, -0.1) is 11.8 Å². The van der Waals surface area contributed by atoms with Crippen LogP contribution in [0.1, 0.15) is 104 Å². The van der Waals surface area contributed by atoms with Crippen molar-refractivity contribution in [1.29, 1.82) is 0 Å². The smallest absolute Gasteiger partial charge is 0.267 e. The fraction of sp³-hybridized carbons (Fsp3) is 0.710. The van der Waals surface area contributed by atoms with Crippen LogP contribution in [0.2, 0.25) is 0 Å². The van der Waals surface area contributed by atoms with Crippen molar-refractivity contribution in [2.24, 2.45) is 0 Å². The molecule has 0 aromatic heterocycles. The van der Waals surface area contributed by atoms with Crippen molar-refractivity contribution in [1.82, 2.24) is 4.90 Å². The molecule has 0 aromatic carbocycles. The first-order valence-corrected chi connectivity index (χ1v) is 18.4. The molecule has 0 bridgehead atoms. The zero-order chi connectivity index (χ0) is 26.9. The lowest BCUT2D eigenvalue weighted by molar-refractivity contribution is -0.137. The standard InChI is InChI=1S/C31H51NO3PS/c1-4-7-21-36(22-8-5-2,23-9-6-3)24-15-14-20-32-30(34)26-29(31(32)35)37-25-16-10-11-19-28(33)27-17-12-13-18-27/h12-13,17,26H,4-11,14-16,18-25H2,1-3H3/q+1. The normalized spacial score (nSPS) is 15.6. The van der Waals surface area contributed by atoms with Crippen molar-refractivity contribution in [2.75, 3.05) is 36.9 Å². The number of Topliss-reactive ketones (excluding diaryl/α,β-unsaturated/α-hetero) is 1. The Morgan fingerprint density at radius 2 is 1.51 bits per heavy atom. The van der Waals surface area contributed by atoms with Gasteiger partial charge in [0.25, 0.3) is 11.8 Å². The highest BCUT2D eigenvalue weighted by Crippen LogP contribution is 2.61. The summed E-state index contributed by atoms with van der Waals surface area (Å²) in [6, 6.07) is 0. The van der Waals surface area contributed by atoms with E-state index in [0.29, 0.717) is 17.9 Å². The molecule has 0 radical (unpaired) electrons. The molecule has 0 aromatic rings. The van der Waals surface area contributed by atoms with Crippen molar-refractivity contribution in [3.05, 3.63) is 34.8 Å². The quantitative estimate of drug-likeness (QED) is 0.0777. The van der Waals surface area contributed by atoms with Crippen LogP contribution < -0.4 is 0 Å². The number of rotatable bonds is 22. The minimum absolute atomic E-state index is 0.102. The third-order valence-electron chi connectivity index (χ3n) is 7.63. The minimum atomic E-state index is -0.919. The summed E-state index contributed by atoms with van der Waals surface area (Å²) in [6.45, 7) is 7.46. The molecule has 1 aliphatic carbocycles. The van der Waals surface area contributed by atoms with E-state index < -0.39 is 7.26 Å². The van der Waals surface area contributed by atoms with Crippen LogP contribution in [0.4, 0.5) is 0 Å². The average molecular weight is 549 g/mol. The zero-order valence-electron chi connectivity index (χ0n) is 23.8. The zero-order valence-corrected chi connectivity index (χ0v) is 25.5. The molecule has 37 heavy (non-hydrogen) atoms. The summed E-state index contributed by atoms with van der Waals surface area (Å²) >= 11 is 1.50. The molecule has 0 spiro atoms. The molecular weight excluding hydrogens is 497 g/mol. The molecule has 0 unspecified atom stereocenters. The van der Waals surface area contributed by atoms with Gasteiger partial charge in [0.15, 0.2) is 5.78 Å². The highest BCUT2D eigenvalue weighted by atomic mass is 32.2. The molecule has 0 fully saturated rings. The number of hydrogen-bond donors (Lipinski definition) is 0. The van der Waals surface area contributed by atoms with Gasteiger partial charge in [-0.3, -0.25) is 19.3 Å². The van der Waals surface area contributed by atoms with Crippen molar-refractivity contribution in [3.63, 3.8) is 0 Å². The summed E-state index contributed by atoms with van der Waals surface area (Å²) < 4.78 is 0. The lowest BCUT2D eigenvalue weighted by Gasteiger charge is -2.28. The maximum absolute atomic E-state index is 12.9. The number of ketones is 1. The van der Waals surface area contributed by atoms with Crippen LogP contribution in [0.5, 0.6) is 0 Å². The fourth-order valence-electron chi connectivity index (χ4n) is 5.23. The first-order valence-electron chi connectivity index (χ1n) is 14.9. The number of unbranched alkanes of at least 4 members (excludes halogenated alkanes) is 6. The van der Waals surface area contributed by atoms with Crippen LogP contribution in [-0.4, -0.2) is 59.4 Å². The van der Waals surface area contributed by atoms with E-state index in [4.69, 9.17) is 0 Å². The molecule has 2 amide bonds. The molecule has 0 atom stereocenters. The van der Waals surface area contributed by atoms with Crippen LogP contribution in [0.15, 0.2) is 34.8 Å². The lowest BCUT2D eigenvalue weighted by Crippen LogP contribution is -2.32. The Morgan fingerprint density at radius 3 is 2.11 bits per heavy atom. The van der Waals surface area contributed by atoms with E-state index in [2.05, 4.69) is 20.8 Å². The maximum atomic E-state index is 12.9. The third kappa shape index (κ3) is 11.2. The first kappa shape index (κ1) is 32.0. The van der Waals surface area contributed by atoms with Gasteiger partial charge in [0, 0.05) is 26.3 Å². The molecule has 208 valence electrons. The second kappa shape index (κ2) is 18.2. The van der Waals surface area contributed by atoms with E-state index >= 15 is 0 Å². The van der Waals surface area contributed by atoms with Gasteiger partial charge < -0.3 is 0 Å². The number of nitrogens with zero attached hydrogens (tertiary/aromatic N) is 1. The fourth-order valence-corrected chi connectivity index (χ4v) is 11.4. The molecule has 4 nitrogen and oxygen atoms in total. The highest BCUT2D eigenvalue weighted by Gasteiger charge is 2.35. The Bertz CT molecular complexity index is 811. The van der Waals surface area contributed by atoms with Crippen LogP contribution in [-0.2, 0) is 14.4 Å².